The summed E-state index contributed by atoms with van der Waals surface area (Å²) >= 11 is 0. The fourth-order valence-electron chi connectivity index (χ4n) is 3.13. The Kier molecular flexibility index (Phi) is 4.35. The molecule has 0 amide bonds. The van der Waals surface area contributed by atoms with E-state index in [4.69, 9.17) is 9.47 Å². The van der Waals surface area contributed by atoms with E-state index in [1.165, 1.54) is 12.8 Å². The number of hydrogen-bond donors (Lipinski definition) is 1. The van der Waals surface area contributed by atoms with Crippen LogP contribution in [0.25, 0.3) is 0 Å². The van der Waals surface area contributed by atoms with E-state index in [1.807, 2.05) is 0 Å². The van der Waals surface area contributed by atoms with E-state index in [1.54, 1.807) is 0 Å². The molecule has 0 radical (unpaired) electrons. The van der Waals surface area contributed by atoms with Gasteiger partial charge >= 0.3 is 0 Å². The maximum Gasteiger partial charge on any atom is 0.0655 e. The van der Waals surface area contributed by atoms with Crippen LogP contribution in [0.3, 0.4) is 0 Å². The Morgan fingerprint density at radius 2 is 1.89 bits per heavy atom. The molecule has 3 nitrogen and oxygen atoms in total. The van der Waals surface area contributed by atoms with Crippen LogP contribution in [-0.4, -0.2) is 38.5 Å². The number of rotatable bonds is 5. The molecule has 2 rings (SSSR count). The zero-order valence-corrected chi connectivity index (χ0v) is 12.4. The van der Waals surface area contributed by atoms with E-state index in [-0.39, 0.29) is 5.41 Å². The molecule has 1 N–H and O–H groups in total. The van der Waals surface area contributed by atoms with Gasteiger partial charge in [0.2, 0.25) is 0 Å². The Balaban J connectivity index is 1.78. The molecule has 2 fully saturated rings. The Hall–Kier alpha value is -0.120. The number of ether oxygens (including phenoxy) is 2. The lowest BCUT2D eigenvalue weighted by atomic mass is 9.64. The highest BCUT2D eigenvalue weighted by molar-refractivity contribution is 5.03. The molecular formula is C15H29NO2. The SMILES string of the molecule is CCOC1CC(NCC2(C)CCOCC2)C1(C)C. The van der Waals surface area contributed by atoms with Crippen molar-refractivity contribution in [3.05, 3.63) is 0 Å². The Bertz CT molecular complexity index is 272. The third kappa shape index (κ3) is 2.89. The zero-order valence-electron chi connectivity index (χ0n) is 12.4. The summed E-state index contributed by atoms with van der Waals surface area (Å²) in [6.45, 7) is 12.9. The first-order chi connectivity index (χ1) is 8.48. The quantitative estimate of drug-likeness (QED) is 0.819. The molecule has 2 atom stereocenters. The van der Waals surface area contributed by atoms with E-state index in [2.05, 4.69) is 33.0 Å². The molecule has 0 aromatic heterocycles. The lowest BCUT2D eigenvalue weighted by molar-refractivity contribution is -0.116. The number of hydrogen-bond acceptors (Lipinski definition) is 3. The minimum atomic E-state index is 0.275. The van der Waals surface area contributed by atoms with Gasteiger partial charge in [-0.15, -0.1) is 0 Å². The van der Waals surface area contributed by atoms with Gasteiger partial charge in [0, 0.05) is 37.8 Å². The van der Waals surface area contributed by atoms with Crippen LogP contribution in [0, 0.1) is 10.8 Å². The first-order valence-electron chi connectivity index (χ1n) is 7.41. The van der Waals surface area contributed by atoms with Crippen LogP contribution >= 0.6 is 0 Å². The van der Waals surface area contributed by atoms with Crippen LogP contribution in [0.1, 0.15) is 47.0 Å². The molecule has 1 heterocycles. The minimum Gasteiger partial charge on any atom is -0.381 e. The molecule has 1 saturated carbocycles. The van der Waals surface area contributed by atoms with Crippen LogP contribution in [0.2, 0.25) is 0 Å². The predicted molar refractivity (Wildman–Crippen MR) is 73.8 cm³/mol. The first kappa shape index (κ1) is 14.3. The van der Waals surface area contributed by atoms with Crippen molar-refractivity contribution in [3.8, 4) is 0 Å². The van der Waals surface area contributed by atoms with Crippen LogP contribution in [0.4, 0.5) is 0 Å². The fraction of sp³-hybridized carbons (Fsp3) is 1.00. The smallest absolute Gasteiger partial charge is 0.0655 e. The summed E-state index contributed by atoms with van der Waals surface area (Å²) in [5.41, 5.74) is 0.697. The minimum absolute atomic E-state index is 0.275. The van der Waals surface area contributed by atoms with E-state index in [0.717, 1.165) is 32.8 Å². The molecular weight excluding hydrogens is 226 g/mol. The lowest BCUT2D eigenvalue weighted by Crippen LogP contribution is -2.62. The van der Waals surface area contributed by atoms with Gasteiger partial charge < -0.3 is 14.8 Å². The van der Waals surface area contributed by atoms with Gasteiger partial charge in [-0.1, -0.05) is 20.8 Å². The van der Waals surface area contributed by atoms with Gasteiger partial charge in [0.1, 0.15) is 0 Å². The second-order valence-corrected chi connectivity index (χ2v) is 6.86. The molecule has 1 saturated heterocycles. The monoisotopic (exact) mass is 255 g/mol. The van der Waals surface area contributed by atoms with Crippen molar-refractivity contribution in [2.24, 2.45) is 10.8 Å². The van der Waals surface area contributed by atoms with Crippen molar-refractivity contribution in [1.82, 2.24) is 5.32 Å². The maximum atomic E-state index is 5.78. The molecule has 18 heavy (non-hydrogen) atoms. The van der Waals surface area contributed by atoms with Gasteiger partial charge in [0.25, 0.3) is 0 Å². The summed E-state index contributed by atoms with van der Waals surface area (Å²) in [6, 6.07) is 0.605. The molecule has 1 aliphatic heterocycles. The summed E-state index contributed by atoms with van der Waals surface area (Å²) in [5.74, 6) is 0. The second-order valence-electron chi connectivity index (χ2n) is 6.86. The molecule has 0 aromatic rings. The Labute approximate surface area is 112 Å². The predicted octanol–water partition coefficient (Wildman–Crippen LogP) is 2.60. The first-order valence-corrected chi connectivity index (χ1v) is 7.41. The highest BCUT2D eigenvalue weighted by Crippen LogP contribution is 2.43. The summed E-state index contributed by atoms with van der Waals surface area (Å²) in [4.78, 5) is 0. The van der Waals surface area contributed by atoms with E-state index >= 15 is 0 Å². The third-order valence-corrected chi connectivity index (χ3v) is 5.02. The van der Waals surface area contributed by atoms with Gasteiger partial charge in [-0.2, -0.15) is 0 Å². The van der Waals surface area contributed by atoms with E-state index in [0.29, 0.717) is 17.6 Å². The van der Waals surface area contributed by atoms with Gasteiger partial charge in [-0.05, 0) is 31.6 Å². The molecule has 0 spiro atoms. The molecule has 0 aromatic carbocycles. The maximum absolute atomic E-state index is 5.78. The third-order valence-electron chi connectivity index (χ3n) is 5.02. The largest absolute Gasteiger partial charge is 0.381 e. The summed E-state index contributed by atoms with van der Waals surface area (Å²) in [7, 11) is 0. The van der Waals surface area contributed by atoms with Gasteiger partial charge in [-0.25, -0.2) is 0 Å². The van der Waals surface area contributed by atoms with Crippen LogP contribution in [-0.2, 0) is 9.47 Å². The standard InChI is InChI=1S/C15H29NO2/c1-5-18-13-10-12(14(13,2)3)16-11-15(4)6-8-17-9-7-15/h12-13,16H,5-11H2,1-4H3. The molecule has 2 unspecified atom stereocenters. The summed E-state index contributed by atoms with van der Waals surface area (Å²) < 4.78 is 11.2. The normalized spacial score (nSPS) is 34.0. The zero-order chi connectivity index (χ0) is 13.2. The molecule has 0 bridgehead atoms. The summed E-state index contributed by atoms with van der Waals surface area (Å²) in [5, 5.41) is 3.77. The fourth-order valence-corrected chi connectivity index (χ4v) is 3.13. The van der Waals surface area contributed by atoms with Crippen molar-refractivity contribution in [2.75, 3.05) is 26.4 Å². The highest BCUT2D eigenvalue weighted by atomic mass is 16.5. The molecule has 2 aliphatic rings. The summed E-state index contributed by atoms with van der Waals surface area (Å²) in [6.07, 6.45) is 3.96. The molecule has 1 aliphatic carbocycles. The van der Waals surface area contributed by atoms with E-state index in [9.17, 15) is 0 Å². The van der Waals surface area contributed by atoms with Gasteiger partial charge in [-0.3, -0.25) is 0 Å². The topological polar surface area (TPSA) is 30.5 Å². The lowest BCUT2D eigenvalue weighted by Gasteiger charge is -2.53. The van der Waals surface area contributed by atoms with Crippen molar-refractivity contribution in [3.63, 3.8) is 0 Å². The van der Waals surface area contributed by atoms with Crippen molar-refractivity contribution in [2.45, 2.75) is 59.1 Å². The van der Waals surface area contributed by atoms with Crippen LogP contribution in [0.5, 0.6) is 0 Å². The average Bonchev–Trinajstić information content (AvgIpc) is 2.33. The average molecular weight is 255 g/mol. The van der Waals surface area contributed by atoms with Crippen molar-refractivity contribution in [1.29, 1.82) is 0 Å². The second kappa shape index (κ2) is 5.48. The van der Waals surface area contributed by atoms with Crippen molar-refractivity contribution >= 4 is 0 Å². The van der Waals surface area contributed by atoms with Crippen molar-refractivity contribution < 1.29 is 9.47 Å². The molecule has 106 valence electrons. The number of nitrogens with one attached hydrogen (secondary N) is 1. The molecule has 3 heteroatoms. The van der Waals surface area contributed by atoms with Gasteiger partial charge in [0.05, 0.1) is 6.10 Å². The van der Waals surface area contributed by atoms with Crippen LogP contribution < -0.4 is 5.32 Å². The van der Waals surface area contributed by atoms with E-state index < -0.39 is 0 Å². The van der Waals surface area contributed by atoms with Gasteiger partial charge in [0.15, 0.2) is 0 Å². The Morgan fingerprint density at radius 3 is 2.44 bits per heavy atom. The van der Waals surface area contributed by atoms with Crippen LogP contribution in [0.15, 0.2) is 0 Å². The highest BCUT2D eigenvalue weighted by Gasteiger charge is 2.49. The Morgan fingerprint density at radius 1 is 1.22 bits per heavy atom.